The predicted molar refractivity (Wildman–Crippen MR) is 158 cm³/mol. The van der Waals surface area contributed by atoms with Gasteiger partial charge >= 0.3 is 0 Å². The van der Waals surface area contributed by atoms with Gasteiger partial charge in [-0.3, -0.25) is 4.68 Å². The summed E-state index contributed by atoms with van der Waals surface area (Å²) < 4.78 is 3.41. The SMILES string of the molecule is CCN(CC)c1ncc([C@@](C)(N)c2ccc(C)cc2)cn1.C[C@H](CO)n1cc(-c2cc3c(N)ncnn3c2)cn1. The zero-order chi connectivity index (χ0) is 28.9. The normalized spacial score (nSPS) is 13.4. The van der Waals surface area contributed by atoms with Gasteiger partial charge in [-0.15, -0.1) is 0 Å². The van der Waals surface area contributed by atoms with E-state index in [-0.39, 0.29) is 12.6 Å². The molecule has 0 aliphatic carbocycles. The third-order valence-electron chi connectivity index (χ3n) is 7.02. The highest BCUT2D eigenvalue weighted by molar-refractivity contribution is 5.75. The first kappa shape index (κ1) is 28.7. The van der Waals surface area contributed by atoms with Crippen molar-refractivity contribution in [2.24, 2.45) is 5.73 Å². The van der Waals surface area contributed by atoms with E-state index in [0.29, 0.717) is 5.82 Å². The molecule has 0 radical (unpaired) electrons. The number of hydrogen-bond acceptors (Lipinski definition) is 9. The summed E-state index contributed by atoms with van der Waals surface area (Å²) in [5.74, 6) is 1.20. The second-order valence-electron chi connectivity index (χ2n) is 9.96. The molecule has 11 nitrogen and oxygen atoms in total. The van der Waals surface area contributed by atoms with Crippen molar-refractivity contribution in [1.82, 2.24) is 34.3 Å². The number of fused-ring (bicyclic) bond motifs is 1. The maximum absolute atomic E-state index is 9.12. The summed E-state index contributed by atoms with van der Waals surface area (Å²) in [6.07, 6.45) is 10.6. The first-order valence-corrected chi connectivity index (χ1v) is 13.4. The van der Waals surface area contributed by atoms with E-state index in [0.717, 1.165) is 46.8 Å². The molecule has 4 heterocycles. The van der Waals surface area contributed by atoms with Crippen molar-refractivity contribution in [3.8, 4) is 11.1 Å². The van der Waals surface area contributed by atoms with E-state index in [9.17, 15) is 0 Å². The van der Waals surface area contributed by atoms with Crippen molar-refractivity contribution in [2.45, 2.75) is 46.2 Å². The van der Waals surface area contributed by atoms with Gasteiger partial charge < -0.3 is 21.5 Å². The molecule has 0 amide bonds. The highest BCUT2D eigenvalue weighted by Crippen LogP contribution is 2.27. The average molecular weight is 543 g/mol. The van der Waals surface area contributed by atoms with E-state index in [1.807, 2.05) is 44.7 Å². The maximum Gasteiger partial charge on any atom is 0.225 e. The Bertz CT molecular complexity index is 1520. The lowest BCUT2D eigenvalue weighted by Crippen LogP contribution is -2.35. The molecule has 210 valence electrons. The van der Waals surface area contributed by atoms with E-state index in [1.54, 1.807) is 15.4 Å². The summed E-state index contributed by atoms with van der Waals surface area (Å²) in [6, 6.07) is 10.1. The lowest BCUT2D eigenvalue weighted by atomic mass is 9.87. The fraction of sp³-hybridized carbons (Fsp3) is 0.345. The third-order valence-corrected chi connectivity index (χ3v) is 7.02. The summed E-state index contributed by atoms with van der Waals surface area (Å²) in [4.78, 5) is 15.0. The van der Waals surface area contributed by atoms with Crippen molar-refractivity contribution in [2.75, 3.05) is 30.3 Å². The summed E-state index contributed by atoms with van der Waals surface area (Å²) >= 11 is 0. The maximum atomic E-state index is 9.12. The fourth-order valence-electron chi connectivity index (χ4n) is 4.24. The second kappa shape index (κ2) is 12.2. The molecule has 0 spiro atoms. The van der Waals surface area contributed by atoms with Crippen LogP contribution in [0.1, 0.15) is 50.4 Å². The number of aliphatic hydroxyl groups is 1. The lowest BCUT2D eigenvalue weighted by molar-refractivity contribution is 0.230. The molecule has 11 heteroatoms. The van der Waals surface area contributed by atoms with Gasteiger partial charge in [-0.2, -0.15) is 10.2 Å². The largest absolute Gasteiger partial charge is 0.394 e. The van der Waals surface area contributed by atoms with Crippen LogP contribution in [0.5, 0.6) is 0 Å². The third kappa shape index (κ3) is 6.11. The Labute approximate surface area is 234 Å². The summed E-state index contributed by atoms with van der Waals surface area (Å²) in [7, 11) is 0. The lowest BCUT2D eigenvalue weighted by Gasteiger charge is -2.26. The van der Waals surface area contributed by atoms with E-state index in [4.69, 9.17) is 16.6 Å². The van der Waals surface area contributed by atoms with Gasteiger partial charge in [-0.1, -0.05) is 29.8 Å². The van der Waals surface area contributed by atoms with Gasteiger partial charge in [-0.05, 0) is 46.2 Å². The van der Waals surface area contributed by atoms with Crippen molar-refractivity contribution in [3.63, 3.8) is 0 Å². The molecule has 0 unspecified atom stereocenters. The van der Waals surface area contributed by atoms with Gasteiger partial charge in [-0.25, -0.2) is 19.5 Å². The minimum atomic E-state index is -0.588. The molecular formula is C29H38N10O. The Morgan fingerprint density at radius 1 is 0.950 bits per heavy atom. The Morgan fingerprint density at radius 2 is 1.62 bits per heavy atom. The van der Waals surface area contributed by atoms with E-state index in [1.165, 1.54) is 11.9 Å². The van der Waals surface area contributed by atoms with Gasteiger partial charge in [0, 0.05) is 54.6 Å². The number of rotatable bonds is 8. The van der Waals surface area contributed by atoms with Crippen LogP contribution < -0.4 is 16.4 Å². The Morgan fingerprint density at radius 3 is 2.23 bits per heavy atom. The predicted octanol–water partition coefficient (Wildman–Crippen LogP) is 3.58. The molecule has 4 aromatic heterocycles. The monoisotopic (exact) mass is 542 g/mol. The van der Waals surface area contributed by atoms with Gasteiger partial charge in [0.25, 0.3) is 0 Å². The smallest absolute Gasteiger partial charge is 0.225 e. The average Bonchev–Trinajstić information content (AvgIpc) is 3.63. The molecule has 1 aromatic carbocycles. The molecule has 0 aliphatic rings. The van der Waals surface area contributed by atoms with Crippen LogP contribution in [-0.2, 0) is 5.54 Å². The number of nitrogen functional groups attached to an aromatic ring is 1. The van der Waals surface area contributed by atoms with Crippen LogP contribution in [0.3, 0.4) is 0 Å². The highest BCUT2D eigenvalue weighted by atomic mass is 16.3. The van der Waals surface area contributed by atoms with Crippen LogP contribution in [0, 0.1) is 6.92 Å². The van der Waals surface area contributed by atoms with Gasteiger partial charge in [0.15, 0.2) is 5.82 Å². The first-order chi connectivity index (χ1) is 19.2. The standard InChI is InChI=1S/C17H24N4.C12H14N6O/c1-5-21(6-2)16-19-11-15(12-20-16)17(4,18)14-9-7-13(3)8-10-14;1-8(6-19)17-5-10(3-15-17)9-2-11-12(13)14-7-16-18(11)4-9/h7-12H,5-6,18H2,1-4H3;2-5,7-8,19H,6H2,1H3,(H2,13,14,16)/t17-;8-/m01/s1. The number of nitrogens with zero attached hydrogens (tertiary/aromatic N) is 8. The van der Waals surface area contributed by atoms with Gasteiger partial charge in [0.2, 0.25) is 5.95 Å². The number of benzene rings is 1. The number of anilines is 2. The molecule has 0 bridgehead atoms. The summed E-state index contributed by atoms with van der Waals surface area (Å²) in [5.41, 5.74) is 17.6. The van der Waals surface area contributed by atoms with Crippen molar-refractivity contribution in [1.29, 1.82) is 0 Å². The van der Waals surface area contributed by atoms with Crippen LogP contribution in [0.15, 0.2) is 67.6 Å². The molecule has 0 aliphatic heterocycles. The fourth-order valence-corrected chi connectivity index (χ4v) is 4.24. The zero-order valence-electron chi connectivity index (χ0n) is 23.7. The molecule has 0 saturated carbocycles. The van der Waals surface area contributed by atoms with E-state index < -0.39 is 5.54 Å². The number of aromatic nitrogens is 7. The topological polar surface area (TPSA) is 149 Å². The minimum absolute atomic E-state index is 0.0457. The van der Waals surface area contributed by atoms with Gasteiger partial charge in [0.05, 0.1) is 24.4 Å². The molecule has 2 atom stereocenters. The summed E-state index contributed by atoms with van der Waals surface area (Å²) in [5, 5.41) is 17.5. The number of nitrogens with two attached hydrogens (primary N) is 2. The molecule has 0 fully saturated rings. The van der Waals surface area contributed by atoms with Crippen LogP contribution >= 0.6 is 0 Å². The van der Waals surface area contributed by atoms with Crippen molar-refractivity contribution >= 4 is 17.3 Å². The zero-order valence-corrected chi connectivity index (χ0v) is 23.7. The summed E-state index contributed by atoms with van der Waals surface area (Å²) in [6.45, 7) is 12.0. The van der Waals surface area contributed by atoms with Crippen LogP contribution in [0.2, 0.25) is 0 Å². The Hall–Kier alpha value is -4.35. The van der Waals surface area contributed by atoms with E-state index >= 15 is 0 Å². The molecule has 5 N–H and O–H groups in total. The van der Waals surface area contributed by atoms with Crippen LogP contribution in [0.25, 0.3) is 16.6 Å². The molecule has 5 rings (SSSR count). The minimum Gasteiger partial charge on any atom is -0.394 e. The molecule has 0 saturated heterocycles. The molecule has 40 heavy (non-hydrogen) atoms. The highest BCUT2D eigenvalue weighted by Gasteiger charge is 2.24. The number of hydrogen-bond donors (Lipinski definition) is 3. The number of aliphatic hydroxyl groups excluding tert-OH is 1. The Balaban J connectivity index is 0.000000186. The van der Waals surface area contributed by atoms with Gasteiger partial charge in [0.1, 0.15) is 11.8 Å². The quantitative estimate of drug-likeness (QED) is 0.267. The van der Waals surface area contributed by atoms with Crippen molar-refractivity contribution in [3.05, 3.63) is 84.3 Å². The van der Waals surface area contributed by atoms with E-state index in [2.05, 4.69) is 75.1 Å². The second-order valence-corrected chi connectivity index (χ2v) is 9.96. The van der Waals surface area contributed by atoms with Crippen LogP contribution in [0.4, 0.5) is 11.8 Å². The van der Waals surface area contributed by atoms with Crippen LogP contribution in [-0.4, -0.2) is 59.1 Å². The molecule has 5 aromatic rings. The van der Waals surface area contributed by atoms with Crippen molar-refractivity contribution < 1.29 is 5.11 Å². The Kier molecular flexibility index (Phi) is 8.76. The first-order valence-electron chi connectivity index (χ1n) is 13.4. The number of aryl methyl sites for hydroxylation is 1. The molecular weight excluding hydrogens is 504 g/mol.